The van der Waals surface area contributed by atoms with E-state index >= 15 is 0 Å². The normalized spacial score (nSPS) is 22.5. The van der Waals surface area contributed by atoms with Gasteiger partial charge in [0.25, 0.3) is 5.56 Å². The lowest BCUT2D eigenvalue weighted by molar-refractivity contribution is -0.143. The Morgan fingerprint density at radius 3 is 2.80 bits per heavy atom. The van der Waals surface area contributed by atoms with E-state index in [-0.39, 0.29) is 11.0 Å². The third kappa shape index (κ3) is 4.29. The van der Waals surface area contributed by atoms with Crippen LogP contribution >= 0.6 is 0 Å². The van der Waals surface area contributed by atoms with Crippen LogP contribution in [0.15, 0.2) is 47.4 Å². The molecule has 35 heavy (non-hydrogen) atoms. The number of carbonyl (C=O) groups is 1. The van der Waals surface area contributed by atoms with E-state index < -0.39 is 0 Å². The first-order chi connectivity index (χ1) is 16.9. The van der Waals surface area contributed by atoms with Gasteiger partial charge in [-0.2, -0.15) is 0 Å². The number of rotatable bonds is 5. The van der Waals surface area contributed by atoms with E-state index in [0.29, 0.717) is 18.4 Å². The maximum absolute atomic E-state index is 14.1. The fourth-order valence-electron chi connectivity index (χ4n) is 6.22. The smallest absolute Gasteiger partial charge is 0.250 e. The molecule has 0 spiro atoms. The van der Waals surface area contributed by atoms with Crippen molar-refractivity contribution in [1.82, 2.24) is 19.4 Å². The molecule has 2 aromatic heterocycles. The van der Waals surface area contributed by atoms with Gasteiger partial charge in [-0.3, -0.25) is 19.5 Å². The van der Waals surface area contributed by atoms with Gasteiger partial charge in [0.15, 0.2) is 0 Å². The van der Waals surface area contributed by atoms with Crippen LogP contribution in [0.3, 0.4) is 0 Å². The highest BCUT2D eigenvalue weighted by atomic mass is 16.2. The maximum Gasteiger partial charge on any atom is 0.250 e. The van der Waals surface area contributed by atoms with Crippen molar-refractivity contribution < 1.29 is 4.79 Å². The maximum atomic E-state index is 14.1. The van der Waals surface area contributed by atoms with Gasteiger partial charge >= 0.3 is 0 Å². The largest absolute Gasteiger partial charge is 0.337 e. The van der Waals surface area contributed by atoms with E-state index in [1.807, 2.05) is 19.3 Å². The minimum atomic E-state index is -0.278. The van der Waals surface area contributed by atoms with Crippen LogP contribution in [0.4, 0.5) is 0 Å². The number of hydrogen-bond donors (Lipinski definition) is 0. The van der Waals surface area contributed by atoms with Gasteiger partial charge in [-0.1, -0.05) is 31.0 Å². The highest BCUT2D eigenvalue weighted by Gasteiger charge is 2.49. The second-order valence-electron chi connectivity index (χ2n) is 11.1. The van der Waals surface area contributed by atoms with Crippen LogP contribution in [-0.2, 0) is 31.4 Å². The van der Waals surface area contributed by atoms with Gasteiger partial charge in [0, 0.05) is 57.6 Å². The topological polar surface area (TPSA) is 58.4 Å². The van der Waals surface area contributed by atoms with Crippen LogP contribution < -0.4 is 5.56 Å². The number of hydrogen-bond acceptors (Lipinski definition) is 4. The van der Waals surface area contributed by atoms with Crippen LogP contribution in [0.25, 0.3) is 10.9 Å². The lowest BCUT2D eigenvalue weighted by Gasteiger charge is -2.37. The van der Waals surface area contributed by atoms with Crippen LogP contribution in [-0.4, -0.2) is 44.9 Å². The molecule has 1 aromatic carbocycles. The zero-order valence-corrected chi connectivity index (χ0v) is 20.8. The summed E-state index contributed by atoms with van der Waals surface area (Å²) in [5.74, 6) is 1.05. The summed E-state index contributed by atoms with van der Waals surface area (Å²) in [4.78, 5) is 35.4. The highest BCUT2D eigenvalue weighted by Crippen LogP contribution is 2.46. The molecule has 182 valence electrons. The molecule has 6 rings (SSSR count). The fraction of sp³-hybridized carbons (Fsp3) is 0.483. The summed E-state index contributed by atoms with van der Waals surface area (Å²) in [5.41, 5.74) is 5.41. The van der Waals surface area contributed by atoms with E-state index in [2.05, 4.69) is 46.0 Å². The Morgan fingerprint density at radius 1 is 1.14 bits per heavy atom. The fourth-order valence-corrected chi connectivity index (χ4v) is 6.22. The minimum absolute atomic E-state index is 0.0124. The Bertz CT molecular complexity index is 1360. The number of amides is 1. The molecule has 1 saturated heterocycles. The second kappa shape index (κ2) is 8.59. The number of benzene rings is 1. The molecule has 3 aromatic rings. The molecule has 6 nitrogen and oxygen atoms in total. The van der Waals surface area contributed by atoms with E-state index in [0.717, 1.165) is 67.6 Å². The predicted molar refractivity (Wildman–Crippen MR) is 137 cm³/mol. The minimum Gasteiger partial charge on any atom is -0.337 e. The van der Waals surface area contributed by atoms with Gasteiger partial charge in [0.2, 0.25) is 5.91 Å². The molecule has 1 saturated carbocycles. The van der Waals surface area contributed by atoms with E-state index in [1.165, 1.54) is 24.0 Å². The average molecular weight is 471 g/mol. The summed E-state index contributed by atoms with van der Waals surface area (Å²) in [6.45, 7) is 6.10. The quantitative estimate of drug-likeness (QED) is 0.569. The Kier molecular flexibility index (Phi) is 5.52. The number of nitrogens with zero attached hydrogens (tertiary/aromatic N) is 4. The predicted octanol–water partition coefficient (Wildman–Crippen LogP) is 3.82. The summed E-state index contributed by atoms with van der Waals surface area (Å²) >= 11 is 0. The standard InChI is InChI=1S/C29H34N4O2/c1-20-13-24-18-33(11-9-25(24)30-16-20)28(35)29(15-21-3-4-21)10-12-32(19-29)17-22-5-6-23-7-8-27(34)31(2)26(23)14-22/h5-8,13-14,16,21H,3-4,9-12,15,17-19H2,1-2H3/t29-/m0/s1. The van der Waals surface area contributed by atoms with Crippen molar-refractivity contribution in [2.24, 2.45) is 18.4 Å². The summed E-state index contributed by atoms with van der Waals surface area (Å²) < 4.78 is 1.72. The van der Waals surface area contributed by atoms with Gasteiger partial charge in [-0.15, -0.1) is 0 Å². The Balaban J connectivity index is 1.22. The summed E-state index contributed by atoms with van der Waals surface area (Å²) in [5, 5.41) is 1.07. The molecule has 0 radical (unpaired) electrons. The molecule has 0 N–H and O–H groups in total. The number of fused-ring (bicyclic) bond motifs is 2. The summed E-state index contributed by atoms with van der Waals surface area (Å²) in [6.07, 6.45) is 7.26. The molecule has 4 heterocycles. The SMILES string of the molecule is Cc1cnc2c(c1)CN(C(=O)[C@]1(CC3CC3)CCN(Cc3ccc4ccc(=O)n(C)c4c3)C1)CC2. The van der Waals surface area contributed by atoms with Crippen molar-refractivity contribution in [3.63, 3.8) is 0 Å². The molecule has 0 unspecified atom stereocenters. The molecule has 6 heteroatoms. The number of pyridine rings is 2. The Hall–Kier alpha value is -2.99. The van der Waals surface area contributed by atoms with Crippen LogP contribution in [0.5, 0.6) is 0 Å². The van der Waals surface area contributed by atoms with E-state index in [4.69, 9.17) is 0 Å². The Labute approximate surface area is 206 Å². The molecular weight excluding hydrogens is 436 g/mol. The van der Waals surface area contributed by atoms with Crippen molar-refractivity contribution in [1.29, 1.82) is 0 Å². The monoisotopic (exact) mass is 470 g/mol. The molecule has 2 aliphatic heterocycles. The van der Waals surface area contributed by atoms with E-state index in [9.17, 15) is 9.59 Å². The van der Waals surface area contributed by atoms with Gasteiger partial charge in [-0.05, 0) is 66.4 Å². The summed E-state index contributed by atoms with van der Waals surface area (Å²) in [7, 11) is 1.83. The van der Waals surface area contributed by atoms with Crippen molar-refractivity contribution in [3.8, 4) is 0 Å². The van der Waals surface area contributed by atoms with Crippen molar-refractivity contribution in [2.45, 2.75) is 52.1 Å². The number of aromatic nitrogens is 2. The Morgan fingerprint density at radius 2 is 1.97 bits per heavy atom. The van der Waals surface area contributed by atoms with Crippen LogP contribution in [0, 0.1) is 18.3 Å². The zero-order chi connectivity index (χ0) is 24.2. The number of carbonyl (C=O) groups excluding carboxylic acids is 1. The van der Waals surface area contributed by atoms with Gasteiger partial charge in [0.1, 0.15) is 0 Å². The molecule has 2 fully saturated rings. The first kappa shape index (κ1) is 22.5. The number of aryl methyl sites for hydroxylation is 2. The van der Waals surface area contributed by atoms with Gasteiger partial charge in [0.05, 0.1) is 10.9 Å². The molecule has 1 aliphatic carbocycles. The third-order valence-electron chi connectivity index (χ3n) is 8.32. The molecule has 3 aliphatic rings. The first-order valence-corrected chi connectivity index (χ1v) is 13.0. The van der Waals surface area contributed by atoms with Gasteiger partial charge in [-0.25, -0.2) is 0 Å². The lowest BCUT2D eigenvalue weighted by Crippen LogP contribution is -2.47. The summed E-state index contributed by atoms with van der Waals surface area (Å²) in [6, 6.07) is 12.1. The molecular formula is C29H34N4O2. The van der Waals surface area contributed by atoms with E-state index in [1.54, 1.807) is 10.6 Å². The van der Waals surface area contributed by atoms with Crippen molar-refractivity contribution >= 4 is 16.8 Å². The molecule has 0 bridgehead atoms. The van der Waals surface area contributed by atoms with Crippen LogP contribution in [0.2, 0.25) is 0 Å². The van der Waals surface area contributed by atoms with Crippen molar-refractivity contribution in [3.05, 3.63) is 75.3 Å². The van der Waals surface area contributed by atoms with Gasteiger partial charge < -0.3 is 9.47 Å². The van der Waals surface area contributed by atoms with Crippen molar-refractivity contribution in [2.75, 3.05) is 19.6 Å². The average Bonchev–Trinajstić information content (AvgIpc) is 3.58. The molecule has 1 atom stereocenters. The third-order valence-corrected chi connectivity index (χ3v) is 8.32. The zero-order valence-electron chi connectivity index (χ0n) is 20.8. The lowest BCUT2D eigenvalue weighted by atomic mass is 9.79. The number of likely N-dealkylation sites (tertiary alicyclic amines) is 1. The van der Waals surface area contributed by atoms with Crippen LogP contribution in [0.1, 0.15) is 48.1 Å². The molecule has 1 amide bonds. The first-order valence-electron chi connectivity index (χ1n) is 13.0. The highest BCUT2D eigenvalue weighted by molar-refractivity contribution is 5.84. The second-order valence-corrected chi connectivity index (χ2v) is 11.1.